The van der Waals surface area contributed by atoms with E-state index in [-0.39, 0.29) is 5.91 Å². The number of anilines is 3. The summed E-state index contributed by atoms with van der Waals surface area (Å²) in [6.07, 6.45) is 1.55. The van der Waals surface area contributed by atoms with Crippen molar-refractivity contribution in [2.24, 2.45) is 0 Å². The number of nitrogens with one attached hydrogen (secondary N) is 2. The van der Waals surface area contributed by atoms with E-state index in [1.165, 1.54) is 0 Å². The highest BCUT2D eigenvalue weighted by atomic mass is 79.9. The third-order valence-electron chi connectivity index (χ3n) is 3.24. The molecule has 1 amide bonds. The van der Waals surface area contributed by atoms with E-state index in [1.54, 1.807) is 12.3 Å². The number of aryl methyl sites for hydroxylation is 1. The Morgan fingerprint density at radius 1 is 1.04 bits per heavy atom. The highest BCUT2D eigenvalue weighted by molar-refractivity contribution is 9.10. The molecule has 0 spiro atoms. The average molecular weight is 383 g/mol. The smallest absolute Gasteiger partial charge is 0.274 e. The molecule has 3 aromatic rings. The first-order valence-electron chi connectivity index (χ1n) is 7.34. The first-order chi connectivity index (χ1) is 11.6. The van der Waals surface area contributed by atoms with Gasteiger partial charge in [-0.25, -0.2) is 9.97 Å². The van der Waals surface area contributed by atoms with Gasteiger partial charge in [-0.2, -0.15) is 0 Å². The predicted octanol–water partition coefficient (Wildman–Crippen LogP) is 4.54. The third kappa shape index (κ3) is 4.17. The van der Waals surface area contributed by atoms with Gasteiger partial charge < -0.3 is 10.6 Å². The number of benzene rings is 2. The normalized spacial score (nSPS) is 10.2. The van der Waals surface area contributed by atoms with E-state index < -0.39 is 0 Å². The van der Waals surface area contributed by atoms with Gasteiger partial charge in [0.2, 0.25) is 5.95 Å². The molecule has 0 bridgehead atoms. The van der Waals surface area contributed by atoms with Crippen LogP contribution in [0.5, 0.6) is 0 Å². The molecule has 24 heavy (non-hydrogen) atoms. The van der Waals surface area contributed by atoms with Crippen LogP contribution in [0.2, 0.25) is 0 Å². The monoisotopic (exact) mass is 382 g/mol. The summed E-state index contributed by atoms with van der Waals surface area (Å²) < 4.78 is 0.945. The van der Waals surface area contributed by atoms with Crippen molar-refractivity contribution in [3.05, 3.63) is 76.5 Å². The van der Waals surface area contributed by atoms with E-state index in [9.17, 15) is 4.79 Å². The molecular weight excluding hydrogens is 368 g/mol. The Balaban J connectivity index is 1.76. The minimum absolute atomic E-state index is 0.278. The second-order valence-corrected chi connectivity index (χ2v) is 6.14. The van der Waals surface area contributed by atoms with Crippen LogP contribution in [0.25, 0.3) is 0 Å². The van der Waals surface area contributed by atoms with Crippen molar-refractivity contribution in [2.45, 2.75) is 6.92 Å². The summed E-state index contributed by atoms with van der Waals surface area (Å²) in [5.74, 6) is 0.0882. The van der Waals surface area contributed by atoms with Crippen LogP contribution in [-0.4, -0.2) is 15.9 Å². The molecule has 0 aliphatic heterocycles. The molecule has 0 saturated carbocycles. The molecule has 5 nitrogen and oxygen atoms in total. The van der Waals surface area contributed by atoms with Crippen molar-refractivity contribution in [3.63, 3.8) is 0 Å². The molecule has 0 atom stereocenters. The van der Waals surface area contributed by atoms with Gasteiger partial charge in [-0.15, -0.1) is 0 Å². The molecule has 120 valence electrons. The number of halogens is 1. The lowest BCUT2D eigenvalue weighted by atomic mass is 10.2. The van der Waals surface area contributed by atoms with E-state index in [2.05, 4.69) is 36.5 Å². The van der Waals surface area contributed by atoms with Gasteiger partial charge in [0.1, 0.15) is 5.69 Å². The summed E-state index contributed by atoms with van der Waals surface area (Å²) in [5, 5.41) is 5.92. The molecule has 1 aromatic heterocycles. The summed E-state index contributed by atoms with van der Waals surface area (Å²) >= 11 is 3.41. The van der Waals surface area contributed by atoms with Gasteiger partial charge in [0, 0.05) is 22.0 Å². The van der Waals surface area contributed by atoms with Gasteiger partial charge in [-0.05, 0) is 48.9 Å². The number of aromatic nitrogens is 2. The zero-order valence-electron chi connectivity index (χ0n) is 13.0. The van der Waals surface area contributed by atoms with E-state index in [0.717, 1.165) is 21.4 Å². The zero-order valence-corrected chi connectivity index (χ0v) is 14.5. The maximum Gasteiger partial charge on any atom is 0.274 e. The van der Waals surface area contributed by atoms with Crippen molar-refractivity contribution in [1.29, 1.82) is 0 Å². The first-order valence-corrected chi connectivity index (χ1v) is 8.13. The summed E-state index contributed by atoms with van der Waals surface area (Å²) in [6.45, 7) is 1.97. The Labute approximate surface area is 148 Å². The summed E-state index contributed by atoms with van der Waals surface area (Å²) in [6, 6.07) is 16.8. The van der Waals surface area contributed by atoms with Gasteiger partial charge >= 0.3 is 0 Å². The lowest BCUT2D eigenvalue weighted by molar-refractivity contribution is 0.102. The second kappa shape index (κ2) is 7.23. The Morgan fingerprint density at radius 2 is 1.83 bits per heavy atom. The van der Waals surface area contributed by atoms with Crippen LogP contribution in [0.3, 0.4) is 0 Å². The van der Waals surface area contributed by atoms with Crippen molar-refractivity contribution in [1.82, 2.24) is 9.97 Å². The molecule has 0 fully saturated rings. The maximum absolute atomic E-state index is 12.3. The van der Waals surface area contributed by atoms with Crippen LogP contribution in [-0.2, 0) is 0 Å². The molecule has 6 heteroatoms. The topological polar surface area (TPSA) is 66.9 Å². The number of hydrogen-bond acceptors (Lipinski definition) is 4. The number of carbonyl (C=O) groups is 1. The second-order valence-electron chi connectivity index (χ2n) is 5.22. The van der Waals surface area contributed by atoms with E-state index >= 15 is 0 Å². The van der Waals surface area contributed by atoms with Crippen LogP contribution in [0, 0.1) is 6.92 Å². The quantitative estimate of drug-likeness (QED) is 0.694. The van der Waals surface area contributed by atoms with Crippen LogP contribution in [0.15, 0.2) is 65.3 Å². The molecule has 0 radical (unpaired) electrons. The van der Waals surface area contributed by atoms with Gasteiger partial charge in [0.25, 0.3) is 5.91 Å². The Morgan fingerprint density at radius 3 is 2.62 bits per heavy atom. The SMILES string of the molecule is Cc1cccc(NC(=O)c2ccnc(Nc3cccc(Br)c3)n2)c1. The molecule has 1 heterocycles. The van der Waals surface area contributed by atoms with Crippen molar-refractivity contribution in [3.8, 4) is 0 Å². The number of carbonyl (C=O) groups excluding carboxylic acids is 1. The summed E-state index contributed by atoms with van der Waals surface area (Å²) in [5.41, 5.74) is 2.94. The lowest BCUT2D eigenvalue weighted by Gasteiger charge is -2.08. The van der Waals surface area contributed by atoms with Gasteiger partial charge in [-0.1, -0.05) is 34.1 Å². The Bertz CT molecular complexity index is 882. The Kier molecular flexibility index (Phi) is 4.86. The van der Waals surface area contributed by atoms with Crippen molar-refractivity contribution in [2.75, 3.05) is 10.6 Å². The number of amides is 1. The largest absolute Gasteiger partial charge is 0.324 e. The Hall–Kier alpha value is -2.73. The van der Waals surface area contributed by atoms with Crippen LogP contribution in [0.1, 0.15) is 16.1 Å². The van der Waals surface area contributed by atoms with Gasteiger partial charge in [0.05, 0.1) is 0 Å². The third-order valence-corrected chi connectivity index (χ3v) is 3.74. The van der Waals surface area contributed by atoms with E-state index in [4.69, 9.17) is 0 Å². The molecule has 0 aliphatic rings. The fourth-order valence-electron chi connectivity index (χ4n) is 2.16. The highest BCUT2D eigenvalue weighted by Gasteiger charge is 2.09. The average Bonchev–Trinajstić information content (AvgIpc) is 2.55. The van der Waals surface area contributed by atoms with Crippen molar-refractivity contribution >= 4 is 39.2 Å². The minimum atomic E-state index is -0.278. The summed E-state index contributed by atoms with van der Waals surface area (Å²) in [4.78, 5) is 20.8. The molecule has 2 aromatic carbocycles. The number of hydrogen-bond donors (Lipinski definition) is 2. The zero-order chi connectivity index (χ0) is 16.9. The van der Waals surface area contributed by atoms with E-state index in [1.807, 2.05) is 55.5 Å². The van der Waals surface area contributed by atoms with Crippen LogP contribution >= 0.6 is 15.9 Å². The molecular formula is C18H15BrN4O. The molecule has 2 N–H and O–H groups in total. The summed E-state index contributed by atoms with van der Waals surface area (Å²) in [7, 11) is 0. The fraction of sp³-hybridized carbons (Fsp3) is 0.0556. The number of nitrogens with zero attached hydrogens (tertiary/aromatic N) is 2. The maximum atomic E-state index is 12.3. The molecule has 0 unspecified atom stereocenters. The predicted molar refractivity (Wildman–Crippen MR) is 98.6 cm³/mol. The number of rotatable bonds is 4. The van der Waals surface area contributed by atoms with Crippen molar-refractivity contribution < 1.29 is 4.79 Å². The minimum Gasteiger partial charge on any atom is -0.324 e. The highest BCUT2D eigenvalue weighted by Crippen LogP contribution is 2.18. The van der Waals surface area contributed by atoms with Gasteiger partial charge in [0.15, 0.2) is 0 Å². The molecule has 3 rings (SSSR count). The van der Waals surface area contributed by atoms with Crippen LogP contribution in [0.4, 0.5) is 17.3 Å². The molecule has 0 aliphatic carbocycles. The van der Waals surface area contributed by atoms with Crippen LogP contribution < -0.4 is 10.6 Å². The molecule has 0 saturated heterocycles. The lowest BCUT2D eigenvalue weighted by Crippen LogP contribution is -2.14. The fourth-order valence-corrected chi connectivity index (χ4v) is 2.56. The standard InChI is InChI=1S/C18H15BrN4O/c1-12-4-2-6-14(10-12)21-17(24)16-8-9-20-18(23-16)22-15-7-3-5-13(19)11-15/h2-11H,1H3,(H,21,24)(H,20,22,23). The van der Waals surface area contributed by atoms with Gasteiger partial charge in [-0.3, -0.25) is 4.79 Å². The van der Waals surface area contributed by atoms with E-state index in [0.29, 0.717) is 11.6 Å². The first kappa shape index (κ1) is 16.1.